The first-order valence-electron chi connectivity index (χ1n) is 12.1. The third-order valence-corrected chi connectivity index (χ3v) is 10.5. The van der Waals surface area contributed by atoms with Gasteiger partial charge in [0.25, 0.3) is 0 Å². The predicted molar refractivity (Wildman–Crippen MR) is 126 cm³/mol. The maximum Gasteiger partial charge on any atom is 0.302 e. The first-order valence-corrected chi connectivity index (χ1v) is 13.6. The Morgan fingerprint density at radius 2 is 1.88 bits per heavy atom. The summed E-state index contributed by atoms with van der Waals surface area (Å²) in [4.78, 5) is 24.1. The fraction of sp³-hybridized carbons (Fsp3) is 0.917. The molecule has 2 aliphatic heterocycles. The van der Waals surface area contributed by atoms with Crippen LogP contribution in [-0.2, 0) is 28.5 Å². The highest BCUT2D eigenvalue weighted by atomic mass is 127. The lowest BCUT2D eigenvalue weighted by Gasteiger charge is -2.66. The average molecular weight is 580 g/mol. The first-order chi connectivity index (χ1) is 15.5. The Kier molecular flexibility index (Phi) is 7.12. The van der Waals surface area contributed by atoms with Gasteiger partial charge >= 0.3 is 11.9 Å². The lowest BCUT2D eigenvalue weighted by Crippen LogP contribution is -2.72. The molecule has 10 atom stereocenters. The number of halogens is 1. The molecule has 0 bridgehead atoms. The first kappa shape index (κ1) is 25.6. The summed E-state index contributed by atoms with van der Waals surface area (Å²) in [6.45, 7) is 7.14. The lowest BCUT2D eigenvalue weighted by molar-refractivity contribution is -0.289. The molecular weight excluding hydrogens is 543 g/mol. The van der Waals surface area contributed by atoms with Gasteiger partial charge in [-0.05, 0) is 37.5 Å². The van der Waals surface area contributed by atoms with Crippen LogP contribution in [-0.4, -0.2) is 63.6 Å². The van der Waals surface area contributed by atoms with E-state index in [4.69, 9.17) is 18.9 Å². The molecular formula is C24H37IO8. The summed E-state index contributed by atoms with van der Waals surface area (Å²) in [5.41, 5.74) is -2.46. The number of carbonyl (C=O) groups excluding carboxylic acids is 2. The van der Waals surface area contributed by atoms with Crippen molar-refractivity contribution in [2.24, 2.45) is 28.6 Å². The van der Waals surface area contributed by atoms with Gasteiger partial charge < -0.3 is 29.2 Å². The summed E-state index contributed by atoms with van der Waals surface area (Å²) in [6.07, 6.45) is 2.17. The second-order valence-corrected chi connectivity index (χ2v) is 11.6. The largest absolute Gasteiger partial charge is 0.465 e. The van der Waals surface area contributed by atoms with Crippen molar-refractivity contribution in [2.45, 2.75) is 96.6 Å². The quantitative estimate of drug-likeness (QED) is 0.290. The van der Waals surface area contributed by atoms with Gasteiger partial charge in [0.2, 0.25) is 0 Å². The number of aliphatic hydroxyl groups excluding tert-OH is 1. The molecule has 33 heavy (non-hydrogen) atoms. The summed E-state index contributed by atoms with van der Waals surface area (Å²) in [7, 11) is 0. The number of rotatable bonds is 5. The Bertz CT molecular complexity index is 764. The summed E-state index contributed by atoms with van der Waals surface area (Å²) in [5, 5.41) is 22.0. The second-order valence-electron chi connectivity index (χ2n) is 10.8. The van der Waals surface area contributed by atoms with Gasteiger partial charge in [-0.25, -0.2) is 0 Å². The molecule has 0 aromatic heterocycles. The number of carbonyl (C=O) groups is 2. The van der Waals surface area contributed by atoms with Gasteiger partial charge in [-0.15, -0.1) is 0 Å². The Morgan fingerprint density at radius 3 is 2.48 bits per heavy atom. The topological polar surface area (TPSA) is 112 Å². The number of aliphatic hydroxyl groups is 2. The Labute approximate surface area is 209 Å². The van der Waals surface area contributed by atoms with Crippen molar-refractivity contribution in [3.8, 4) is 0 Å². The van der Waals surface area contributed by atoms with E-state index in [1.165, 1.54) is 13.8 Å². The minimum absolute atomic E-state index is 0.00154. The zero-order valence-electron chi connectivity index (χ0n) is 19.9. The van der Waals surface area contributed by atoms with Crippen LogP contribution in [0.4, 0.5) is 0 Å². The van der Waals surface area contributed by atoms with Crippen molar-refractivity contribution in [2.75, 3.05) is 11.0 Å². The molecule has 2 heterocycles. The Morgan fingerprint density at radius 1 is 1.15 bits per heavy atom. The van der Waals surface area contributed by atoms with E-state index in [1.54, 1.807) is 0 Å². The normalized spacial score (nSPS) is 49.2. The van der Waals surface area contributed by atoms with Crippen LogP contribution in [0.1, 0.15) is 66.2 Å². The molecule has 2 N–H and O–H groups in total. The van der Waals surface area contributed by atoms with E-state index in [0.29, 0.717) is 23.7 Å². The third-order valence-electron chi connectivity index (χ3n) is 9.26. The third kappa shape index (κ3) is 4.03. The number of hydrogen-bond acceptors (Lipinski definition) is 8. The van der Waals surface area contributed by atoms with Crippen molar-refractivity contribution >= 4 is 34.5 Å². The van der Waals surface area contributed by atoms with Gasteiger partial charge in [-0.3, -0.25) is 9.59 Å². The van der Waals surface area contributed by atoms with Crippen LogP contribution >= 0.6 is 22.6 Å². The number of esters is 2. The number of alkyl halides is 1. The van der Waals surface area contributed by atoms with Crippen molar-refractivity contribution in [1.82, 2.24) is 0 Å². The molecule has 2 saturated heterocycles. The summed E-state index contributed by atoms with van der Waals surface area (Å²) < 4.78 is 24.0. The number of fused-ring (bicyclic) bond motifs is 2. The zero-order valence-corrected chi connectivity index (χ0v) is 22.1. The molecule has 4 rings (SSSR count). The number of hydrogen-bond donors (Lipinski definition) is 2. The molecule has 0 radical (unpaired) electrons. The highest BCUT2D eigenvalue weighted by molar-refractivity contribution is 14.1. The second kappa shape index (κ2) is 9.19. The monoisotopic (exact) mass is 580 g/mol. The number of ether oxygens (including phenoxy) is 4. The summed E-state index contributed by atoms with van der Waals surface area (Å²) in [6, 6.07) is 0. The van der Waals surface area contributed by atoms with E-state index < -0.39 is 41.6 Å². The molecule has 188 valence electrons. The van der Waals surface area contributed by atoms with Crippen molar-refractivity contribution < 1.29 is 38.7 Å². The van der Waals surface area contributed by atoms with Gasteiger partial charge in [-0.2, -0.15) is 0 Å². The predicted octanol–water partition coefficient (Wildman–Crippen LogP) is 2.95. The standard InChI is InChI=1S/C24H37IO8/c1-13-8-19(31-15(3)27)24(12-30-14(2)26)17(6-5-7-23(24,29)11-25)22(13,4)18-9-16-10-20(28)33-21(16)32-18/h13,16-21,28-29H,5-12H2,1-4H3/t13-,16+,17-,18+,19+,20-,21-,22+,23+,24+/m1/s1. The minimum atomic E-state index is -1.16. The molecule has 0 aromatic carbocycles. The van der Waals surface area contributed by atoms with Crippen molar-refractivity contribution in [1.29, 1.82) is 0 Å². The highest BCUT2D eigenvalue weighted by Gasteiger charge is 2.71. The van der Waals surface area contributed by atoms with E-state index in [-0.39, 0.29) is 35.9 Å². The van der Waals surface area contributed by atoms with Gasteiger partial charge in [0.1, 0.15) is 12.7 Å². The van der Waals surface area contributed by atoms with Crippen LogP contribution in [0.5, 0.6) is 0 Å². The summed E-state index contributed by atoms with van der Waals surface area (Å²) in [5.74, 6) is -0.648. The van der Waals surface area contributed by atoms with Crippen LogP contribution in [0.15, 0.2) is 0 Å². The van der Waals surface area contributed by atoms with Crippen molar-refractivity contribution in [3.63, 3.8) is 0 Å². The van der Waals surface area contributed by atoms with E-state index in [0.717, 1.165) is 19.3 Å². The van der Waals surface area contributed by atoms with Crippen LogP contribution in [0.25, 0.3) is 0 Å². The zero-order chi connectivity index (χ0) is 24.2. The average Bonchev–Trinajstić information content (AvgIpc) is 3.28. The molecule has 4 fully saturated rings. The van der Waals surface area contributed by atoms with Crippen LogP contribution in [0.3, 0.4) is 0 Å². The van der Waals surface area contributed by atoms with Gasteiger partial charge in [0, 0.05) is 36.0 Å². The van der Waals surface area contributed by atoms with E-state index in [2.05, 4.69) is 36.4 Å². The van der Waals surface area contributed by atoms with Gasteiger partial charge in [-0.1, -0.05) is 42.9 Å². The fourth-order valence-corrected chi connectivity index (χ4v) is 8.59. The molecule has 2 saturated carbocycles. The van der Waals surface area contributed by atoms with Gasteiger partial charge in [0.15, 0.2) is 12.6 Å². The molecule has 2 aliphatic carbocycles. The molecule has 9 heteroatoms. The maximum atomic E-state index is 12.2. The van der Waals surface area contributed by atoms with E-state index >= 15 is 0 Å². The SMILES string of the molecule is CC(=O)OC[C@@]12[C@@H](OC(C)=O)C[C@@H](C)[C@](C)([C@@H]3C[C@H]4C[C@H](O)O[C@H]4O3)[C@H]1CCC[C@]2(O)CI. The molecule has 0 aromatic rings. The maximum absolute atomic E-state index is 12.2. The molecule has 0 amide bonds. The van der Waals surface area contributed by atoms with E-state index in [9.17, 15) is 19.8 Å². The van der Waals surface area contributed by atoms with Crippen LogP contribution in [0, 0.1) is 28.6 Å². The molecule has 4 aliphatic rings. The highest BCUT2D eigenvalue weighted by Crippen LogP contribution is 2.67. The molecule has 0 spiro atoms. The summed E-state index contributed by atoms with van der Waals surface area (Å²) >= 11 is 2.20. The minimum Gasteiger partial charge on any atom is -0.465 e. The van der Waals surface area contributed by atoms with E-state index in [1.807, 2.05) is 0 Å². The smallest absolute Gasteiger partial charge is 0.302 e. The molecule has 0 unspecified atom stereocenters. The van der Waals surface area contributed by atoms with Crippen molar-refractivity contribution in [3.05, 3.63) is 0 Å². The van der Waals surface area contributed by atoms with Crippen LogP contribution < -0.4 is 0 Å². The fourth-order valence-electron chi connectivity index (χ4n) is 7.50. The molecule has 8 nitrogen and oxygen atoms in total. The Hall–Kier alpha value is -0.490. The van der Waals surface area contributed by atoms with Gasteiger partial charge in [0.05, 0.1) is 17.1 Å². The lowest BCUT2D eigenvalue weighted by atomic mass is 9.41. The van der Waals surface area contributed by atoms with Crippen LogP contribution in [0.2, 0.25) is 0 Å². The Balaban J connectivity index is 1.79.